The second-order valence-electron chi connectivity index (χ2n) is 3.58. The molecule has 0 fully saturated rings. The Morgan fingerprint density at radius 3 is 2.61 bits per heavy atom. The topological polar surface area (TPSA) is 44.1 Å². The largest absolute Gasteiger partial charge is 0.486 e. The second kappa shape index (κ2) is 5.39. The van der Waals surface area contributed by atoms with Crippen LogP contribution < -0.4 is 4.74 Å². The molecule has 1 heterocycles. The number of benzene rings is 1. The molecule has 0 atom stereocenters. The van der Waals surface area contributed by atoms with Crippen LogP contribution in [0.25, 0.3) is 0 Å². The van der Waals surface area contributed by atoms with Crippen molar-refractivity contribution < 1.29 is 18.3 Å². The van der Waals surface area contributed by atoms with E-state index in [0.717, 1.165) is 12.1 Å². The standard InChI is InChI=1S/C12H10F2N2O2/c13-10-5-9(7-17)6-11(14)12(10)18-4-3-16-2-1-15-8-16/h1-2,5-8H,3-4H2. The molecule has 0 N–H and O–H groups in total. The lowest BCUT2D eigenvalue weighted by molar-refractivity contribution is 0.112. The number of ether oxygens (including phenoxy) is 1. The van der Waals surface area contributed by atoms with Crippen molar-refractivity contribution in [1.82, 2.24) is 9.55 Å². The molecule has 0 spiro atoms. The van der Waals surface area contributed by atoms with E-state index in [9.17, 15) is 13.6 Å². The van der Waals surface area contributed by atoms with Crippen LogP contribution in [0, 0.1) is 11.6 Å². The van der Waals surface area contributed by atoms with Crippen LogP contribution in [0.4, 0.5) is 8.78 Å². The Balaban J connectivity index is 2.03. The maximum absolute atomic E-state index is 13.4. The van der Waals surface area contributed by atoms with Crippen LogP contribution in [-0.2, 0) is 6.54 Å². The number of aromatic nitrogens is 2. The van der Waals surface area contributed by atoms with Gasteiger partial charge >= 0.3 is 0 Å². The van der Waals surface area contributed by atoms with Crippen LogP contribution in [0.2, 0.25) is 0 Å². The maximum Gasteiger partial charge on any atom is 0.190 e. The Morgan fingerprint density at radius 2 is 2.06 bits per heavy atom. The Morgan fingerprint density at radius 1 is 1.33 bits per heavy atom. The second-order valence-corrected chi connectivity index (χ2v) is 3.58. The molecular weight excluding hydrogens is 242 g/mol. The van der Waals surface area contributed by atoms with E-state index in [1.807, 2.05) is 0 Å². The number of imidazole rings is 1. The zero-order valence-electron chi connectivity index (χ0n) is 9.35. The lowest BCUT2D eigenvalue weighted by atomic mass is 10.2. The molecule has 0 aliphatic carbocycles. The number of rotatable bonds is 5. The fraction of sp³-hybridized carbons (Fsp3) is 0.167. The molecule has 1 aromatic carbocycles. The van der Waals surface area contributed by atoms with E-state index in [2.05, 4.69) is 4.98 Å². The van der Waals surface area contributed by atoms with Gasteiger partial charge in [0.05, 0.1) is 12.9 Å². The van der Waals surface area contributed by atoms with Crippen LogP contribution in [0.15, 0.2) is 30.9 Å². The monoisotopic (exact) mass is 252 g/mol. The molecular formula is C12H10F2N2O2. The van der Waals surface area contributed by atoms with Crippen molar-refractivity contribution in [3.8, 4) is 5.75 Å². The van der Waals surface area contributed by atoms with Crippen molar-refractivity contribution in [3.05, 3.63) is 48.1 Å². The van der Waals surface area contributed by atoms with Crippen molar-refractivity contribution in [3.63, 3.8) is 0 Å². The zero-order valence-corrected chi connectivity index (χ0v) is 9.35. The van der Waals surface area contributed by atoms with Crippen LogP contribution >= 0.6 is 0 Å². The van der Waals surface area contributed by atoms with Gasteiger partial charge in [-0.2, -0.15) is 0 Å². The molecule has 4 nitrogen and oxygen atoms in total. The van der Waals surface area contributed by atoms with Gasteiger partial charge in [0, 0.05) is 18.0 Å². The number of aldehydes is 1. The first-order valence-corrected chi connectivity index (χ1v) is 5.23. The van der Waals surface area contributed by atoms with Gasteiger partial charge in [-0.1, -0.05) is 0 Å². The molecule has 1 aromatic heterocycles. The van der Waals surface area contributed by atoms with Crippen LogP contribution in [-0.4, -0.2) is 22.4 Å². The van der Waals surface area contributed by atoms with Gasteiger partial charge < -0.3 is 9.30 Å². The van der Waals surface area contributed by atoms with E-state index >= 15 is 0 Å². The SMILES string of the molecule is O=Cc1cc(F)c(OCCn2ccnc2)c(F)c1. The molecule has 2 aromatic rings. The van der Waals surface area contributed by atoms with Crippen LogP contribution in [0.5, 0.6) is 5.75 Å². The highest BCUT2D eigenvalue weighted by Gasteiger charge is 2.12. The van der Waals surface area contributed by atoms with E-state index in [1.54, 1.807) is 23.3 Å². The van der Waals surface area contributed by atoms with Gasteiger partial charge in [-0.25, -0.2) is 13.8 Å². The molecule has 0 saturated heterocycles. The Bertz CT molecular complexity index is 518. The van der Waals surface area contributed by atoms with Crippen LogP contribution in [0.1, 0.15) is 10.4 Å². The van der Waals surface area contributed by atoms with Crippen molar-refractivity contribution in [2.45, 2.75) is 6.54 Å². The predicted octanol–water partition coefficient (Wildman–Crippen LogP) is 2.05. The summed E-state index contributed by atoms with van der Waals surface area (Å²) in [5, 5.41) is 0. The summed E-state index contributed by atoms with van der Waals surface area (Å²) in [4.78, 5) is 14.2. The van der Waals surface area contributed by atoms with E-state index in [0.29, 0.717) is 12.8 Å². The Kier molecular flexibility index (Phi) is 3.66. The van der Waals surface area contributed by atoms with Crippen molar-refractivity contribution >= 4 is 6.29 Å². The summed E-state index contributed by atoms with van der Waals surface area (Å²) in [6.07, 6.45) is 5.26. The number of carbonyl (C=O) groups excluding carboxylic acids is 1. The molecule has 18 heavy (non-hydrogen) atoms. The minimum absolute atomic E-state index is 0.0630. The van der Waals surface area contributed by atoms with Gasteiger partial charge in [0.1, 0.15) is 12.9 Å². The van der Waals surface area contributed by atoms with Crippen molar-refractivity contribution in [2.24, 2.45) is 0 Å². The maximum atomic E-state index is 13.4. The van der Waals surface area contributed by atoms with Gasteiger partial charge in [0.2, 0.25) is 0 Å². The number of nitrogens with zero attached hydrogens (tertiary/aromatic N) is 2. The number of carbonyl (C=O) groups is 1. The van der Waals surface area contributed by atoms with E-state index < -0.39 is 17.4 Å². The lowest BCUT2D eigenvalue weighted by Crippen LogP contribution is -2.08. The lowest BCUT2D eigenvalue weighted by Gasteiger charge is -2.09. The van der Waals surface area contributed by atoms with E-state index in [1.165, 1.54) is 0 Å². The summed E-state index contributed by atoms with van der Waals surface area (Å²) in [6.45, 7) is 0.527. The molecule has 94 valence electrons. The van der Waals surface area contributed by atoms with Gasteiger partial charge in [-0.3, -0.25) is 4.79 Å². The highest BCUT2D eigenvalue weighted by atomic mass is 19.1. The third-order valence-electron chi connectivity index (χ3n) is 2.31. The highest BCUT2D eigenvalue weighted by Crippen LogP contribution is 2.22. The fourth-order valence-electron chi connectivity index (χ4n) is 1.46. The summed E-state index contributed by atoms with van der Waals surface area (Å²) in [5.74, 6) is -2.24. The summed E-state index contributed by atoms with van der Waals surface area (Å²) < 4.78 is 33.6. The molecule has 6 heteroatoms. The molecule has 2 rings (SSSR count). The minimum atomic E-state index is -0.886. The molecule has 0 aliphatic rings. The van der Waals surface area contributed by atoms with E-state index in [4.69, 9.17) is 4.74 Å². The smallest absolute Gasteiger partial charge is 0.190 e. The van der Waals surface area contributed by atoms with Gasteiger partial charge in [0.25, 0.3) is 0 Å². The quantitative estimate of drug-likeness (QED) is 0.765. The van der Waals surface area contributed by atoms with Gasteiger partial charge in [-0.15, -0.1) is 0 Å². The first-order chi connectivity index (χ1) is 8.70. The fourth-order valence-corrected chi connectivity index (χ4v) is 1.46. The number of hydrogen-bond donors (Lipinski definition) is 0. The number of hydrogen-bond acceptors (Lipinski definition) is 3. The molecule has 0 unspecified atom stereocenters. The summed E-state index contributed by atoms with van der Waals surface area (Å²) in [5.41, 5.74) is -0.0630. The molecule has 0 aliphatic heterocycles. The average Bonchev–Trinajstić information content (AvgIpc) is 2.85. The average molecular weight is 252 g/mol. The summed E-state index contributed by atoms with van der Waals surface area (Å²) in [6, 6.07) is 1.87. The van der Waals surface area contributed by atoms with Crippen molar-refractivity contribution in [1.29, 1.82) is 0 Å². The van der Waals surface area contributed by atoms with Crippen molar-refractivity contribution in [2.75, 3.05) is 6.61 Å². The predicted molar refractivity (Wildman–Crippen MR) is 59.5 cm³/mol. The third kappa shape index (κ3) is 2.71. The zero-order chi connectivity index (χ0) is 13.0. The Hall–Kier alpha value is -2.24. The molecule has 0 bridgehead atoms. The Labute approximate surface area is 102 Å². The van der Waals surface area contributed by atoms with Gasteiger partial charge in [0.15, 0.2) is 17.4 Å². The molecule has 0 radical (unpaired) electrons. The summed E-state index contributed by atoms with van der Waals surface area (Å²) in [7, 11) is 0. The summed E-state index contributed by atoms with van der Waals surface area (Å²) >= 11 is 0. The highest BCUT2D eigenvalue weighted by molar-refractivity contribution is 5.75. The first kappa shape index (κ1) is 12.2. The molecule has 0 saturated carbocycles. The first-order valence-electron chi connectivity index (χ1n) is 5.23. The molecule has 0 amide bonds. The third-order valence-corrected chi connectivity index (χ3v) is 2.31. The minimum Gasteiger partial charge on any atom is -0.486 e. The van der Waals surface area contributed by atoms with Crippen LogP contribution in [0.3, 0.4) is 0 Å². The number of halogens is 2. The van der Waals surface area contributed by atoms with E-state index in [-0.39, 0.29) is 12.2 Å². The normalized spacial score (nSPS) is 10.3. The van der Waals surface area contributed by atoms with Gasteiger partial charge in [-0.05, 0) is 12.1 Å².